The summed E-state index contributed by atoms with van der Waals surface area (Å²) >= 11 is 5.84. The van der Waals surface area contributed by atoms with E-state index in [0.717, 1.165) is 0 Å². The van der Waals surface area contributed by atoms with Crippen molar-refractivity contribution in [3.05, 3.63) is 28.8 Å². The zero-order valence-electron chi connectivity index (χ0n) is 9.90. The number of carbonyl (C=O) groups is 2. The largest absolute Gasteiger partial charge is 0.495 e. The Labute approximate surface area is 110 Å². The molecule has 0 aliphatic heterocycles. The SMILES string of the molecule is COc1cc(C(=O)NCCCC(=O)O)ccc1Cl. The third-order valence-electron chi connectivity index (χ3n) is 2.27. The van der Waals surface area contributed by atoms with Gasteiger partial charge in [0.1, 0.15) is 5.75 Å². The number of hydrogen-bond acceptors (Lipinski definition) is 3. The fraction of sp³-hybridized carbons (Fsp3) is 0.333. The van der Waals surface area contributed by atoms with E-state index in [9.17, 15) is 9.59 Å². The van der Waals surface area contributed by atoms with Gasteiger partial charge in [-0.3, -0.25) is 9.59 Å². The number of methoxy groups -OCH3 is 1. The van der Waals surface area contributed by atoms with Crippen LogP contribution in [0.1, 0.15) is 23.2 Å². The summed E-state index contributed by atoms with van der Waals surface area (Å²) in [6, 6.07) is 4.69. The van der Waals surface area contributed by atoms with Gasteiger partial charge in [-0.15, -0.1) is 0 Å². The van der Waals surface area contributed by atoms with Crippen molar-refractivity contribution in [2.45, 2.75) is 12.8 Å². The Morgan fingerprint density at radius 1 is 1.44 bits per heavy atom. The van der Waals surface area contributed by atoms with Gasteiger partial charge in [0.25, 0.3) is 5.91 Å². The minimum Gasteiger partial charge on any atom is -0.495 e. The molecule has 1 aromatic rings. The van der Waals surface area contributed by atoms with Crippen molar-refractivity contribution in [3.8, 4) is 5.75 Å². The Morgan fingerprint density at radius 3 is 2.78 bits per heavy atom. The van der Waals surface area contributed by atoms with Gasteiger partial charge in [-0.05, 0) is 24.6 Å². The molecular weight excluding hydrogens is 258 g/mol. The highest BCUT2D eigenvalue weighted by Crippen LogP contribution is 2.24. The van der Waals surface area contributed by atoms with Crippen LogP contribution in [-0.2, 0) is 4.79 Å². The summed E-state index contributed by atoms with van der Waals surface area (Å²) in [4.78, 5) is 22.0. The second-order valence-electron chi connectivity index (χ2n) is 3.60. The number of hydrogen-bond donors (Lipinski definition) is 2. The first kappa shape index (κ1) is 14.3. The van der Waals surface area contributed by atoms with E-state index in [-0.39, 0.29) is 12.3 Å². The van der Waals surface area contributed by atoms with Gasteiger partial charge in [-0.2, -0.15) is 0 Å². The van der Waals surface area contributed by atoms with Crippen LogP contribution in [0.15, 0.2) is 18.2 Å². The highest BCUT2D eigenvalue weighted by molar-refractivity contribution is 6.32. The summed E-state index contributed by atoms with van der Waals surface area (Å²) in [5.74, 6) is -0.734. The van der Waals surface area contributed by atoms with Crippen LogP contribution in [0, 0.1) is 0 Å². The number of aliphatic carboxylic acids is 1. The smallest absolute Gasteiger partial charge is 0.303 e. The molecule has 0 spiro atoms. The predicted octanol–water partition coefficient (Wildman–Crippen LogP) is 1.94. The number of carboxylic acids is 1. The molecule has 0 radical (unpaired) electrons. The second kappa shape index (κ2) is 6.86. The van der Waals surface area contributed by atoms with Crippen molar-refractivity contribution < 1.29 is 19.4 Å². The van der Waals surface area contributed by atoms with Crippen LogP contribution < -0.4 is 10.1 Å². The molecule has 5 nitrogen and oxygen atoms in total. The Morgan fingerprint density at radius 2 is 2.17 bits per heavy atom. The van der Waals surface area contributed by atoms with Gasteiger partial charge in [0.05, 0.1) is 12.1 Å². The third kappa shape index (κ3) is 4.25. The van der Waals surface area contributed by atoms with Crippen molar-refractivity contribution in [2.75, 3.05) is 13.7 Å². The number of ether oxygens (including phenoxy) is 1. The molecule has 1 aromatic carbocycles. The summed E-state index contributed by atoms with van der Waals surface area (Å²) in [6.07, 6.45) is 0.427. The average Bonchev–Trinajstić information content (AvgIpc) is 2.34. The standard InChI is InChI=1S/C12H14ClNO4/c1-18-10-7-8(4-5-9(10)13)12(17)14-6-2-3-11(15)16/h4-5,7H,2-3,6H2,1H3,(H,14,17)(H,15,16). The van der Waals surface area contributed by atoms with Crippen LogP contribution in [0.25, 0.3) is 0 Å². The molecule has 6 heteroatoms. The van der Waals surface area contributed by atoms with Crippen molar-refractivity contribution >= 4 is 23.5 Å². The molecule has 18 heavy (non-hydrogen) atoms. The molecule has 0 fully saturated rings. The van der Waals surface area contributed by atoms with Crippen LogP contribution in [0.5, 0.6) is 5.75 Å². The zero-order valence-corrected chi connectivity index (χ0v) is 10.7. The first-order chi connectivity index (χ1) is 8.54. The van der Waals surface area contributed by atoms with Crippen LogP contribution in [0.2, 0.25) is 5.02 Å². The monoisotopic (exact) mass is 271 g/mol. The lowest BCUT2D eigenvalue weighted by Crippen LogP contribution is -2.24. The summed E-state index contributed by atoms with van der Waals surface area (Å²) in [7, 11) is 1.47. The second-order valence-corrected chi connectivity index (χ2v) is 4.01. The van der Waals surface area contributed by atoms with Crippen LogP contribution in [0.4, 0.5) is 0 Å². The molecule has 1 amide bonds. The number of amides is 1. The molecule has 2 N–H and O–H groups in total. The van der Waals surface area contributed by atoms with E-state index >= 15 is 0 Å². The molecule has 0 bridgehead atoms. The number of carbonyl (C=O) groups excluding carboxylic acids is 1. The van der Waals surface area contributed by atoms with E-state index in [1.807, 2.05) is 0 Å². The summed E-state index contributed by atoms with van der Waals surface area (Å²) < 4.78 is 5.00. The number of nitrogens with one attached hydrogen (secondary N) is 1. The van der Waals surface area contributed by atoms with Crippen molar-refractivity contribution in [1.29, 1.82) is 0 Å². The van der Waals surface area contributed by atoms with Crippen molar-refractivity contribution in [2.24, 2.45) is 0 Å². The average molecular weight is 272 g/mol. The minimum absolute atomic E-state index is 0.0320. The maximum atomic E-state index is 11.7. The van der Waals surface area contributed by atoms with E-state index in [1.165, 1.54) is 13.2 Å². The lowest BCUT2D eigenvalue weighted by atomic mass is 10.2. The van der Waals surface area contributed by atoms with Crippen molar-refractivity contribution in [1.82, 2.24) is 5.32 Å². The number of benzene rings is 1. The van der Waals surface area contributed by atoms with E-state index in [4.69, 9.17) is 21.4 Å². The topological polar surface area (TPSA) is 75.6 Å². The fourth-order valence-corrected chi connectivity index (χ4v) is 1.54. The minimum atomic E-state index is -0.877. The normalized spacial score (nSPS) is 9.89. The first-order valence-electron chi connectivity index (χ1n) is 5.38. The lowest BCUT2D eigenvalue weighted by molar-refractivity contribution is -0.137. The molecule has 0 heterocycles. The maximum Gasteiger partial charge on any atom is 0.303 e. The van der Waals surface area contributed by atoms with Gasteiger partial charge in [0, 0.05) is 18.5 Å². The molecule has 0 aliphatic carbocycles. The quantitative estimate of drug-likeness (QED) is 0.776. The molecule has 0 saturated heterocycles. The van der Waals surface area contributed by atoms with Crippen molar-refractivity contribution in [3.63, 3.8) is 0 Å². The van der Waals surface area contributed by atoms with Gasteiger partial charge in [-0.1, -0.05) is 11.6 Å². The highest BCUT2D eigenvalue weighted by atomic mass is 35.5. The van der Waals surface area contributed by atoms with E-state index in [1.54, 1.807) is 12.1 Å². The third-order valence-corrected chi connectivity index (χ3v) is 2.58. The molecule has 0 saturated carbocycles. The maximum absolute atomic E-state index is 11.7. The van der Waals surface area contributed by atoms with Crippen LogP contribution in [0.3, 0.4) is 0 Å². The Bertz CT molecular complexity index is 448. The Kier molecular flexibility index (Phi) is 5.45. The number of rotatable bonds is 6. The molecule has 1 rings (SSSR count). The molecule has 0 aromatic heterocycles. The zero-order chi connectivity index (χ0) is 13.5. The summed E-state index contributed by atoms with van der Waals surface area (Å²) in [6.45, 7) is 0.316. The van der Waals surface area contributed by atoms with Gasteiger partial charge in [0.15, 0.2) is 0 Å². The molecule has 98 valence electrons. The lowest BCUT2D eigenvalue weighted by Gasteiger charge is -2.07. The van der Waals surface area contributed by atoms with Gasteiger partial charge >= 0.3 is 5.97 Å². The highest BCUT2D eigenvalue weighted by Gasteiger charge is 2.08. The summed E-state index contributed by atoms with van der Waals surface area (Å²) in [5.41, 5.74) is 0.423. The number of carboxylic acid groups (broad SMARTS) is 1. The Hall–Kier alpha value is -1.75. The van der Waals surface area contributed by atoms with Gasteiger partial charge in [0.2, 0.25) is 0 Å². The molecule has 0 atom stereocenters. The molecule has 0 unspecified atom stereocenters. The van der Waals surface area contributed by atoms with E-state index in [2.05, 4.69) is 5.32 Å². The molecular formula is C12H14ClNO4. The van der Waals surface area contributed by atoms with Gasteiger partial charge < -0.3 is 15.2 Å². The summed E-state index contributed by atoms with van der Waals surface area (Å²) in [5, 5.41) is 11.5. The first-order valence-corrected chi connectivity index (χ1v) is 5.76. The van der Waals surface area contributed by atoms with Crippen LogP contribution in [-0.4, -0.2) is 30.6 Å². The number of halogens is 1. The van der Waals surface area contributed by atoms with E-state index < -0.39 is 5.97 Å². The van der Waals surface area contributed by atoms with Gasteiger partial charge in [-0.25, -0.2) is 0 Å². The fourth-order valence-electron chi connectivity index (χ4n) is 1.34. The van der Waals surface area contributed by atoms with E-state index in [0.29, 0.717) is 29.3 Å². The molecule has 0 aliphatic rings. The Balaban J connectivity index is 2.53. The predicted molar refractivity (Wildman–Crippen MR) is 67.2 cm³/mol. The van der Waals surface area contributed by atoms with Crippen LogP contribution >= 0.6 is 11.6 Å².